The number of amides is 3. The van der Waals surface area contributed by atoms with Crippen LogP contribution in [0.3, 0.4) is 0 Å². The third-order valence-corrected chi connectivity index (χ3v) is 20.5. The van der Waals surface area contributed by atoms with Crippen LogP contribution in [0, 0.1) is 17.8 Å². The van der Waals surface area contributed by atoms with Crippen LogP contribution in [0.2, 0.25) is 15.1 Å². The molecule has 3 atom stereocenters. The molecular formula is C72H72Br3Cl3N6O12. The van der Waals surface area contributed by atoms with E-state index < -0.39 is 17.9 Å². The molecule has 0 saturated carbocycles. The van der Waals surface area contributed by atoms with E-state index in [4.69, 9.17) is 73.2 Å². The zero-order chi connectivity index (χ0) is 68.5. The number of ether oxygens (including phenoxy) is 6. The fourth-order valence-electron chi connectivity index (χ4n) is 13.8. The summed E-state index contributed by atoms with van der Waals surface area (Å²) < 4.78 is 33.3. The largest absolute Gasteiger partial charge is 0.465 e. The maximum absolute atomic E-state index is 12.9. The van der Waals surface area contributed by atoms with Gasteiger partial charge in [0.05, 0.1) is 74.9 Å². The predicted octanol–water partition coefficient (Wildman–Crippen LogP) is 16.8. The number of benzene rings is 3. The van der Waals surface area contributed by atoms with E-state index in [0.717, 1.165) is 107 Å². The fourth-order valence-corrected chi connectivity index (χ4v) is 15.6. The predicted molar refractivity (Wildman–Crippen MR) is 380 cm³/mol. The normalized spacial score (nSPS) is 18.2. The van der Waals surface area contributed by atoms with Crippen LogP contribution in [0.15, 0.2) is 100 Å². The Morgan fingerprint density at radius 3 is 1.11 bits per heavy atom. The fraction of sp³-hybridized carbons (Fsp3) is 0.375. The summed E-state index contributed by atoms with van der Waals surface area (Å²) in [5, 5.41) is 1.85. The first-order valence-corrected chi connectivity index (χ1v) is 35.3. The van der Waals surface area contributed by atoms with Gasteiger partial charge >= 0.3 is 36.2 Å². The van der Waals surface area contributed by atoms with Crippen molar-refractivity contribution in [2.24, 2.45) is 17.8 Å². The molecule has 0 spiro atoms. The quantitative estimate of drug-likeness (QED) is 0.0975. The third-order valence-electron chi connectivity index (χ3n) is 18.3. The second kappa shape index (κ2) is 32.5. The van der Waals surface area contributed by atoms with Gasteiger partial charge in [-0.1, -0.05) is 68.9 Å². The number of nitrogens with zero attached hydrogens (tertiary/aromatic N) is 6. The molecule has 3 fully saturated rings. The summed E-state index contributed by atoms with van der Waals surface area (Å²) >= 11 is 29.7. The van der Waals surface area contributed by atoms with Gasteiger partial charge in [-0.05, 0) is 215 Å². The van der Waals surface area contributed by atoms with E-state index >= 15 is 0 Å². The van der Waals surface area contributed by atoms with E-state index in [9.17, 15) is 28.8 Å². The number of halogens is 6. The average Bonchev–Trinajstić information content (AvgIpc) is 1.59. The molecule has 96 heavy (non-hydrogen) atoms. The number of esters is 3. The van der Waals surface area contributed by atoms with Gasteiger partial charge in [0.1, 0.15) is 0 Å². The van der Waals surface area contributed by atoms with Crippen LogP contribution in [-0.2, 0) is 38.0 Å². The molecule has 24 heteroatoms. The Hall–Kier alpha value is -7.14. The van der Waals surface area contributed by atoms with Crippen molar-refractivity contribution in [2.45, 2.75) is 77.0 Å². The number of hydrogen-bond acceptors (Lipinski definition) is 15. The molecule has 3 amide bonds. The number of aromatic nitrogens is 3. The topological polar surface area (TPSA) is 206 Å². The summed E-state index contributed by atoms with van der Waals surface area (Å²) in [5.74, 6) is -0.873. The zero-order valence-electron chi connectivity index (χ0n) is 53.8. The summed E-state index contributed by atoms with van der Waals surface area (Å²) in [6.07, 6.45) is 14.9. The number of piperidine rings is 3. The van der Waals surface area contributed by atoms with Gasteiger partial charge < -0.3 is 43.1 Å². The van der Waals surface area contributed by atoms with E-state index in [0.29, 0.717) is 91.9 Å². The van der Waals surface area contributed by atoms with Crippen LogP contribution in [-0.4, -0.2) is 146 Å². The van der Waals surface area contributed by atoms with E-state index in [-0.39, 0.29) is 59.0 Å². The molecule has 3 unspecified atom stereocenters. The number of carbonyl (C=O) groups is 6. The number of likely N-dealkylation sites (tertiary alicyclic amines) is 3. The molecule has 3 aliphatic carbocycles. The van der Waals surface area contributed by atoms with E-state index in [1.165, 1.54) is 33.1 Å². The Labute approximate surface area is 598 Å². The number of carbonyl (C=O) groups excluding carboxylic acids is 6. The average molecular weight is 1560 g/mol. The minimum atomic E-state index is -0.548. The molecule has 504 valence electrons. The number of rotatable bonds is 9. The van der Waals surface area contributed by atoms with Crippen molar-refractivity contribution in [1.82, 2.24) is 29.7 Å². The lowest BCUT2D eigenvalue weighted by Crippen LogP contribution is -2.40. The van der Waals surface area contributed by atoms with Crippen molar-refractivity contribution in [2.75, 3.05) is 80.4 Å². The van der Waals surface area contributed by atoms with Crippen LogP contribution in [0.4, 0.5) is 14.4 Å². The molecule has 3 aromatic carbocycles. The van der Waals surface area contributed by atoms with Crippen LogP contribution in [0.1, 0.15) is 155 Å². The molecule has 18 nitrogen and oxygen atoms in total. The van der Waals surface area contributed by atoms with Gasteiger partial charge in [0.15, 0.2) is 0 Å². The van der Waals surface area contributed by atoms with Crippen molar-refractivity contribution in [3.8, 4) is 0 Å². The molecule has 3 saturated heterocycles. The van der Waals surface area contributed by atoms with Crippen LogP contribution in [0.5, 0.6) is 0 Å². The van der Waals surface area contributed by atoms with Crippen LogP contribution in [0.25, 0.3) is 33.9 Å². The summed E-state index contributed by atoms with van der Waals surface area (Å²) in [4.78, 5) is 93.9. The molecule has 0 bridgehead atoms. The van der Waals surface area contributed by atoms with Crippen molar-refractivity contribution in [3.05, 3.63) is 188 Å². The monoisotopic (exact) mass is 1550 g/mol. The van der Waals surface area contributed by atoms with Gasteiger partial charge in [0.2, 0.25) is 0 Å². The highest BCUT2D eigenvalue weighted by Gasteiger charge is 2.41. The van der Waals surface area contributed by atoms with Gasteiger partial charge in [-0.15, -0.1) is 0 Å². The number of pyridine rings is 3. The molecule has 3 aliphatic heterocycles. The molecule has 6 heterocycles. The first-order valence-electron chi connectivity index (χ1n) is 31.8. The van der Waals surface area contributed by atoms with Crippen molar-refractivity contribution >= 4 is 153 Å². The van der Waals surface area contributed by atoms with E-state index in [1.807, 2.05) is 85.6 Å². The number of methoxy groups -OCH3 is 3. The SMILES string of the molecule is CCOC(=O)N1CCC(C2c3ccc(Cl)cc3C=C(Br)c3cc(Br)cnc32)CC1.CCOC(=O)N1CCC(C2c3ccc(Cl)cc3C=C(C(=O)OC)c3cc(Br)cnc32)CC1.CCOC(=O)N1CCC(C2c3ccc(Cl)cc3C=C(C(=O)OC)c3cc(C(=O)OC)cnc32)CC1. The van der Waals surface area contributed by atoms with Crippen LogP contribution < -0.4 is 0 Å². The Kier molecular flexibility index (Phi) is 24.2. The van der Waals surface area contributed by atoms with Crippen molar-refractivity contribution in [3.63, 3.8) is 0 Å². The molecule has 3 aromatic heterocycles. The maximum Gasteiger partial charge on any atom is 0.409 e. The Bertz CT molecular complexity index is 4050. The third kappa shape index (κ3) is 16.0. The van der Waals surface area contributed by atoms with Gasteiger partial charge in [0, 0.05) is 121 Å². The zero-order valence-corrected chi connectivity index (χ0v) is 60.8. The first kappa shape index (κ1) is 71.6. The Morgan fingerprint density at radius 2 is 0.760 bits per heavy atom. The second-order valence-electron chi connectivity index (χ2n) is 23.7. The Morgan fingerprint density at radius 1 is 0.438 bits per heavy atom. The number of hydrogen-bond donors (Lipinski definition) is 0. The molecule has 0 N–H and O–H groups in total. The summed E-state index contributed by atoms with van der Waals surface area (Å²) in [6, 6.07) is 23.1. The molecule has 0 radical (unpaired) electrons. The van der Waals surface area contributed by atoms with Crippen LogP contribution >= 0.6 is 82.6 Å². The lowest BCUT2D eigenvalue weighted by atomic mass is 9.76. The number of fused-ring (bicyclic) bond motifs is 6. The van der Waals surface area contributed by atoms with Gasteiger partial charge in [-0.3, -0.25) is 15.0 Å². The summed E-state index contributed by atoms with van der Waals surface area (Å²) in [7, 11) is 3.98. The lowest BCUT2D eigenvalue weighted by Gasteiger charge is -2.36. The van der Waals surface area contributed by atoms with E-state index in [2.05, 4.69) is 71.0 Å². The van der Waals surface area contributed by atoms with Gasteiger partial charge in [-0.2, -0.15) is 0 Å². The smallest absolute Gasteiger partial charge is 0.409 e. The molecular weight excluding hydrogens is 1490 g/mol. The minimum absolute atomic E-state index is 0.0480. The van der Waals surface area contributed by atoms with Crippen molar-refractivity contribution < 1.29 is 57.2 Å². The molecule has 6 aromatic rings. The Balaban J connectivity index is 0.000000157. The van der Waals surface area contributed by atoms with Gasteiger partial charge in [0.25, 0.3) is 0 Å². The highest BCUT2D eigenvalue weighted by atomic mass is 79.9. The van der Waals surface area contributed by atoms with Crippen molar-refractivity contribution in [1.29, 1.82) is 0 Å². The summed E-state index contributed by atoms with van der Waals surface area (Å²) in [6.45, 7) is 10.3. The molecule has 6 aliphatic rings. The standard InChI is InChI=1S/C26H27ClN2O6.C24H24BrClN2O4.C22H21Br2ClN2O2/c1-4-35-26(32)29-9-7-15(8-10-29)22-19-6-5-18(27)11-16(19)12-21(25(31)34-3)20-13-17(24(30)33-2)14-28-23(20)22;1-3-32-24(30)28-8-6-14(7-9-28)21-18-5-4-17(26)10-15(18)11-20(23(29)31-2)19-12-16(25)13-27-22(19)21;1-2-29-22(28)27-7-5-13(6-8-27)20-17-4-3-16(25)9-14(17)10-19(24)18-11-15(23)12-26-21(18)20/h5-6,11-15,22H,4,7-10H2,1-3H3;4-5,10-14,21H,3,6-9H2,1-2H3;3-4,9-13,20H,2,5-8H2,1H3. The minimum Gasteiger partial charge on any atom is -0.465 e. The highest BCUT2D eigenvalue weighted by molar-refractivity contribution is 9.15. The highest BCUT2D eigenvalue weighted by Crippen LogP contribution is 2.50. The molecule has 12 rings (SSSR count). The second-order valence-corrected chi connectivity index (χ2v) is 27.7. The maximum atomic E-state index is 12.9. The van der Waals surface area contributed by atoms with Gasteiger partial charge in [-0.25, -0.2) is 28.8 Å². The first-order chi connectivity index (χ1) is 46.3. The van der Waals surface area contributed by atoms with E-state index in [1.54, 1.807) is 35.1 Å². The summed E-state index contributed by atoms with van der Waals surface area (Å²) in [5.41, 5.74) is 11.9. The lowest BCUT2D eigenvalue weighted by molar-refractivity contribution is -0.134.